The zero-order chi connectivity index (χ0) is 15.3. The number of sulfone groups is 1. The van der Waals surface area contributed by atoms with Gasteiger partial charge in [0.15, 0.2) is 9.84 Å². The van der Waals surface area contributed by atoms with Crippen LogP contribution in [0.2, 0.25) is 0 Å². The summed E-state index contributed by atoms with van der Waals surface area (Å²) in [5, 5.41) is 10.1. The summed E-state index contributed by atoms with van der Waals surface area (Å²) in [4.78, 5) is 2.06. The molecule has 0 radical (unpaired) electrons. The summed E-state index contributed by atoms with van der Waals surface area (Å²) in [6, 6.07) is 3.39. The van der Waals surface area contributed by atoms with Gasteiger partial charge in [-0.05, 0) is 25.1 Å². The average Bonchev–Trinajstić information content (AvgIpc) is 3.00. The van der Waals surface area contributed by atoms with Crippen molar-refractivity contribution in [3.63, 3.8) is 0 Å². The van der Waals surface area contributed by atoms with Gasteiger partial charge in [0.2, 0.25) is 0 Å². The molecule has 2 unspecified atom stereocenters. The van der Waals surface area contributed by atoms with Crippen LogP contribution in [0.25, 0.3) is 0 Å². The molecular weight excluding hydrogens is 290 g/mol. The van der Waals surface area contributed by atoms with Gasteiger partial charge in [0.05, 0.1) is 36.5 Å². The third-order valence-electron chi connectivity index (χ3n) is 4.00. The molecule has 2 rings (SSSR count). The van der Waals surface area contributed by atoms with Crippen LogP contribution in [0.4, 0.5) is 0 Å². The van der Waals surface area contributed by atoms with E-state index in [0.29, 0.717) is 6.54 Å². The normalized spacial score (nSPS) is 24.7. The van der Waals surface area contributed by atoms with E-state index < -0.39 is 15.9 Å². The van der Waals surface area contributed by atoms with E-state index in [0.717, 1.165) is 25.1 Å². The first-order valence-corrected chi connectivity index (χ1v) is 9.49. The highest BCUT2D eigenvalue weighted by molar-refractivity contribution is 7.91. The number of unbranched alkanes of at least 4 members (excludes halogenated alkanes) is 3. The summed E-state index contributed by atoms with van der Waals surface area (Å²) in [6.45, 7) is 3.50. The Bertz CT molecular complexity index is 512. The quantitative estimate of drug-likeness (QED) is 0.741. The summed E-state index contributed by atoms with van der Waals surface area (Å²) >= 11 is 0. The third kappa shape index (κ3) is 4.83. The molecule has 5 nitrogen and oxygen atoms in total. The van der Waals surface area contributed by atoms with E-state index in [1.54, 1.807) is 6.26 Å². The Kier molecular flexibility index (Phi) is 5.84. The molecule has 1 aliphatic rings. The molecular formula is C15H25NO4S. The Hall–Kier alpha value is -0.850. The van der Waals surface area contributed by atoms with Crippen molar-refractivity contribution in [2.75, 3.05) is 18.1 Å². The van der Waals surface area contributed by atoms with Crippen molar-refractivity contribution < 1.29 is 17.9 Å². The molecule has 0 amide bonds. The Balaban J connectivity index is 2.00. The minimum Gasteiger partial charge on any atom is -0.468 e. The van der Waals surface area contributed by atoms with Gasteiger partial charge in [-0.1, -0.05) is 26.2 Å². The molecule has 0 spiro atoms. The standard InChI is InChI=1S/C15H25NO4S/c1-2-3-4-5-8-16(10-13-7-6-9-20-13)14-11-21(18,19)12-15(14)17/h6-7,9,14-15,17H,2-5,8,10-12H2,1H3. The molecule has 21 heavy (non-hydrogen) atoms. The molecule has 0 saturated carbocycles. The third-order valence-corrected chi connectivity index (χ3v) is 5.70. The van der Waals surface area contributed by atoms with Gasteiger partial charge in [-0.15, -0.1) is 0 Å². The Morgan fingerprint density at radius 1 is 1.33 bits per heavy atom. The van der Waals surface area contributed by atoms with Gasteiger partial charge in [0.25, 0.3) is 0 Å². The van der Waals surface area contributed by atoms with Crippen LogP contribution in [0, 0.1) is 0 Å². The zero-order valence-electron chi connectivity index (χ0n) is 12.6. The molecule has 0 aromatic carbocycles. The van der Waals surface area contributed by atoms with Gasteiger partial charge in [0, 0.05) is 0 Å². The van der Waals surface area contributed by atoms with E-state index in [1.807, 2.05) is 12.1 Å². The second-order valence-electron chi connectivity index (χ2n) is 5.82. The zero-order valence-corrected chi connectivity index (χ0v) is 13.4. The smallest absolute Gasteiger partial charge is 0.154 e. The maximum Gasteiger partial charge on any atom is 0.154 e. The molecule has 0 aliphatic carbocycles. The van der Waals surface area contributed by atoms with Crippen molar-refractivity contribution in [1.82, 2.24) is 4.90 Å². The number of nitrogens with zero attached hydrogens (tertiary/aromatic N) is 1. The first-order valence-electron chi connectivity index (χ1n) is 7.67. The molecule has 1 fully saturated rings. The highest BCUT2D eigenvalue weighted by Crippen LogP contribution is 2.21. The van der Waals surface area contributed by atoms with Crippen LogP contribution in [0.3, 0.4) is 0 Å². The molecule has 120 valence electrons. The minimum atomic E-state index is -3.13. The van der Waals surface area contributed by atoms with Crippen LogP contribution in [-0.2, 0) is 16.4 Å². The maximum atomic E-state index is 11.7. The summed E-state index contributed by atoms with van der Waals surface area (Å²) < 4.78 is 28.8. The van der Waals surface area contributed by atoms with E-state index in [1.165, 1.54) is 12.8 Å². The molecule has 1 saturated heterocycles. The van der Waals surface area contributed by atoms with Crippen LogP contribution in [0.5, 0.6) is 0 Å². The fourth-order valence-electron chi connectivity index (χ4n) is 2.87. The molecule has 0 bridgehead atoms. The van der Waals surface area contributed by atoms with Crippen molar-refractivity contribution in [3.05, 3.63) is 24.2 Å². The number of aliphatic hydroxyl groups excluding tert-OH is 1. The van der Waals surface area contributed by atoms with E-state index in [-0.39, 0.29) is 17.5 Å². The van der Waals surface area contributed by atoms with Crippen molar-refractivity contribution in [2.45, 2.75) is 51.3 Å². The number of furan rings is 1. The fourth-order valence-corrected chi connectivity index (χ4v) is 4.70. The Morgan fingerprint density at radius 3 is 2.71 bits per heavy atom. The van der Waals surface area contributed by atoms with E-state index in [9.17, 15) is 13.5 Å². The Morgan fingerprint density at radius 2 is 2.14 bits per heavy atom. The van der Waals surface area contributed by atoms with E-state index in [4.69, 9.17) is 4.42 Å². The molecule has 2 heterocycles. The molecule has 6 heteroatoms. The average molecular weight is 315 g/mol. The molecule has 2 atom stereocenters. The van der Waals surface area contributed by atoms with Gasteiger partial charge in [-0.3, -0.25) is 4.90 Å². The number of rotatable bonds is 8. The minimum absolute atomic E-state index is 0.0443. The lowest BCUT2D eigenvalue weighted by Crippen LogP contribution is -2.43. The molecule has 1 aromatic rings. The second kappa shape index (κ2) is 7.42. The summed E-state index contributed by atoms with van der Waals surface area (Å²) in [7, 11) is -3.13. The summed E-state index contributed by atoms with van der Waals surface area (Å²) in [5.74, 6) is 0.728. The largest absolute Gasteiger partial charge is 0.468 e. The predicted molar refractivity (Wildman–Crippen MR) is 81.7 cm³/mol. The lowest BCUT2D eigenvalue weighted by Gasteiger charge is -2.29. The SMILES string of the molecule is CCCCCCN(Cc1ccco1)C1CS(=O)(=O)CC1O. The maximum absolute atomic E-state index is 11.7. The van der Waals surface area contributed by atoms with Gasteiger partial charge in [0.1, 0.15) is 5.76 Å². The van der Waals surface area contributed by atoms with Crippen molar-refractivity contribution in [2.24, 2.45) is 0 Å². The first-order chi connectivity index (χ1) is 10.0. The fraction of sp³-hybridized carbons (Fsp3) is 0.733. The second-order valence-corrected chi connectivity index (χ2v) is 7.98. The lowest BCUT2D eigenvalue weighted by molar-refractivity contribution is 0.0724. The molecule has 1 N–H and O–H groups in total. The first kappa shape index (κ1) is 16.5. The van der Waals surface area contributed by atoms with Gasteiger partial charge in [-0.2, -0.15) is 0 Å². The predicted octanol–water partition coefficient (Wildman–Crippen LogP) is 1.82. The van der Waals surface area contributed by atoms with Crippen LogP contribution >= 0.6 is 0 Å². The number of hydrogen-bond acceptors (Lipinski definition) is 5. The number of aliphatic hydroxyl groups is 1. The van der Waals surface area contributed by atoms with Gasteiger partial charge in [-0.25, -0.2) is 8.42 Å². The highest BCUT2D eigenvalue weighted by atomic mass is 32.2. The van der Waals surface area contributed by atoms with Crippen molar-refractivity contribution in [1.29, 1.82) is 0 Å². The highest BCUT2D eigenvalue weighted by Gasteiger charge is 2.39. The molecule has 1 aromatic heterocycles. The van der Waals surface area contributed by atoms with Crippen molar-refractivity contribution >= 4 is 9.84 Å². The van der Waals surface area contributed by atoms with E-state index in [2.05, 4.69) is 11.8 Å². The summed E-state index contributed by atoms with van der Waals surface area (Å²) in [5.41, 5.74) is 0. The monoisotopic (exact) mass is 315 g/mol. The molecule has 1 aliphatic heterocycles. The lowest BCUT2D eigenvalue weighted by atomic mass is 10.1. The van der Waals surface area contributed by atoms with Gasteiger partial charge < -0.3 is 9.52 Å². The van der Waals surface area contributed by atoms with Crippen LogP contribution in [-0.4, -0.2) is 48.6 Å². The number of hydrogen-bond donors (Lipinski definition) is 1. The van der Waals surface area contributed by atoms with Crippen LogP contribution in [0.1, 0.15) is 38.4 Å². The van der Waals surface area contributed by atoms with Crippen LogP contribution in [0.15, 0.2) is 22.8 Å². The van der Waals surface area contributed by atoms with Crippen molar-refractivity contribution in [3.8, 4) is 0 Å². The van der Waals surface area contributed by atoms with Crippen LogP contribution < -0.4 is 0 Å². The van der Waals surface area contributed by atoms with E-state index >= 15 is 0 Å². The van der Waals surface area contributed by atoms with Gasteiger partial charge >= 0.3 is 0 Å². The summed E-state index contributed by atoms with van der Waals surface area (Å²) in [6.07, 6.45) is 5.31. The Labute approximate surface area is 126 Å². The topological polar surface area (TPSA) is 70.8 Å².